The van der Waals surface area contributed by atoms with Crippen LogP contribution >= 0.6 is 0 Å². The largest absolute Gasteiger partial charge is 0.480 e. The third-order valence-corrected chi connectivity index (χ3v) is 4.15. The van der Waals surface area contributed by atoms with Crippen LogP contribution in [0.2, 0.25) is 0 Å². The van der Waals surface area contributed by atoms with Crippen molar-refractivity contribution in [1.82, 2.24) is 5.32 Å². The van der Waals surface area contributed by atoms with Gasteiger partial charge in [-0.2, -0.15) is 0 Å². The summed E-state index contributed by atoms with van der Waals surface area (Å²) in [5, 5.41) is 12.0. The molecule has 0 bridgehead atoms. The third-order valence-electron chi connectivity index (χ3n) is 4.15. The molecule has 0 spiro atoms. The summed E-state index contributed by atoms with van der Waals surface area (Å²) >= 11 is 0. The Bertz CT molecular complexity index is 513. The van der Waals surface area contributed by atoms with Crippen molar-refractivity contribution in [2.24, 2.45) is 0 Å². The first-order chi connectivity index (χ1) is 10.1. The number of unbranched alkanes of at least 4 members (excludes halogenated alkanes) is 1. The number of fused-ring (bicyclic) bond motifs is 1. The molecule has 2 rings (SSSR count). The van der Waals surface area contributed by atoms with Crippen molar-refractivity contribution in [3.05, 3.63) is 35.4 Å². The normalized spacial score (nSPS) is 18.6. The Morgan fingerprint density at radius 1 is 1.38 bits per heavy atom. The topological polar surface area (TPSA) is 66.4 Å². The Morgan fingerprint density at radius 2 is 2.14 bits per heavy atom. The molecule has 114 valence electrons. The lowest BCUT2D eigenvalue weighted by molar-refractivity contribution is -0.142. The second kappa shape index (κ2) is 7.25. The number of amides is 1. The van der Waals surface area contributed by atoms with Crippen molar-refractivity contribution < 1.29 is 14.7 Å². The van der Waals surface area contributed by atoms with Gasteiger partial charge in [0.05, 0.1) is 5.92 Å². The fraction of sp³-hybridized carbons (Fsp3) is 0.529. The van der Waals surface area contributed by atoms with E-state index in [0.717, 1.165) is 37.7 Å². The summed E-state index contributed by atoms with van der Waals surface area (Å²) in [5.41, 5.74) is 2.27. The molecule has 2 unspecified atom stereocenters. The van der Waals surface area contributed by atoms with Crippen LogP contribution in [-0.2, 0) is 16.0 Å². The molecule has 1 aromatic rings. The highest BCUT2D eigenvalue weighted by Gasteiger charge is 2.29. The zero-order valence-corrected chi connectivity index (χ0v) is 12.5. The summed E-state index contributed by atoms with van der Waals surface area (Å²) in [7, 11) is 0. The van der Waals surface area contributed by atoms with E-state index in [1.807, 2.05) is 25.1 Å². The van der Waals surface area contributed by atoms with Crippen molar-refractivity contribution in [1.29, 1.82) is 0 Å². The first kappa shape index (κ1) is 15.5. The van der Waals surface area contributed by atoms with E-state index >= 15 is 0 Å². The molecule has 0 saturated heterocycles. The van der Waals surface area contributed by atoms with E-state index < -0.39 is 12.0 Å². The van der Waals surface area contributed by atoms with Crippen LogP contribution in [0.4, 0.5) is 0 Å². The van der Waals surface area contributed by atoms with Crippen molar-refractivity contribution in [2.45, 2.75) is 57.4 Å². The summed E-state index contributed by atoms with van der Waals surface area (Å²) in [6, 6.07) is 7.20. The van der Waals surface area contributed by atoms with Gasteiger partial charge in [0.1, 0.15) is 6.04 Å². The molecule has 0 aromatic heterocycles. The van der Waals surface area contributed by atoms with E-state index in [2.05, 4.69) is 11.4 Å². The Hall–Kier alpha value is -1.84. The molecule has 1 amide bonds. The number of aliphatic carboxylic acids is 1. The van der Waals surface area contributed by atoms with Crippen LogP contribution < -0.4 is 5.32 Å². The molecule has 2 N–H and O–H groups in total. The van der Waals surface area contributed by atoms with Crippen molar-refractivity contribution in [3.8, 4) is 0 Å². The zero-order valence-electron chi connectivity index (χ0n) is 12.5. The maximum atomic E-state index is 12.5. The highest BCUT2D eigenvalue weighted by atomic mass is 16.4. The molecule has 1 aliphatic carbocycles. The Labute approximate surface area is 125 Å². The summed E-state index contributed by atoms with van der Waals surface area (Å²) in [5.74, 6) is -1.30. The summed E-state index contributed by atoms with van der Waals surface area (Å²) in [6.45, 7) is 2.01. The van der Waals surface area contributed by atoms with E-state index in [0.29, 0.717) is 6.42 Å². The average molecular weight is 289 g/mol. The first-order valence-corrected chi connectivity index (χ1v) is 7.74. The van der Waals surface area contributed by atoms with E-state index in [4.69, 9.17) is 0 Å². The molecule has 0 radical (unpaired) electrons. The highest BCUT2D eigenvalue weighted by molar-refractivity contribution is 5.88. The number of carbonyl (C=O) groups is 2. The third kappa shape index (κ3) is 3.84. The number of carbonyl (C=O) groups excluding carboxylic acids is 1. The molecule has 0 fully saturated rings. The van der Waals surface area contributed by atoms with Gasteiger partial charge in [0.15, 0.2) is 0 Å². The standard InChI is InChI=1S/C17H23NO3/c1-2-3-11-15(17(20)21)18-16(19)14-10-6-8-12-7-4-5-9-13(12)14/h4-5,7,9,14-15H,2-3,6,8,10-11H2,1H3,(H,18,19)(H,20,21). The van der Waals surface area contributed by atoms with Gasteiger partial charge in [-0.05, 0) is 36.8 Å². The number of aryl methyl sites for hydroxylation is 1. The van der Waals surface area contributed by atoms with E-state index in [1.165, 1.54) is 5.56 Å². The molecular formula is C17H23NO3. The predicted molar refractivity (Wildman–Crippen MR) is 81.2 cm³/mol. The Balaban J connectivity index is 2.08. The van der Waals surface area contributed by atoms with Gasteiger partial charge >= 0.3 is 5.97 Å². The lowest BCUT2D eigenvalue weighted by Crippen LogP contribution is -2.43. The predicted octanol–water partition coefficient (Wildman–Crippen LogP) is 2.87. The lowest BCUT2D eigenvalue weighted by Gasteiger charge is -2.26. The van der Waals surface area contributed by atoms with Crippen molar-refractivity contribution in [3.63, 3.8) is 0 Å². The second-order valence-electron chi connectivity index (χ2n) is 5.69. The van der Waals surface area contributed by atoms with Crippen LogP contribution in [0.15, 0.2) is 24.3 Å². The number of nitrogens with one attached hydrogen (secondary N) is 1. The molecule has 1 aliphatic rings. The van der Waals surface area contributed by atoms with Gasteiger partial charge in [0, 0.05) is 0 Å². The van der Waals surface area contributed by atoms with Gasteiger partial charge in [-0.3, -0.25) is 4.79 Å². The van der Waals surface area contributed by atoms with Gasteiger partial charge in [-0.15, -0.1) is 0 Å². The molecule has 0 heterocycles. The number of hydrogen-bond acceptors (Lipinski definition) is 2. The molecule has 4 nitrogen and oxygen atoms in total. The van der Waals surface area contributed by atoms with Gasteiger partial charge in [-0.1, -0.05) is 44.0 Å². The van der Waals surface area contributed by atoms with Gasteiger partial charge in [0.2, 0.25) is 5.91 Å². The van der Waals surface area contributed by atoms with Crippen LogP contribution in [0.5, 0.6) is 0 Å². The van der Waals surface area contributed by atoms with Crippen molar-refractivity contribution >= 4 is 11.9 Å². The average Bonchev–Trinajstić information content (AvgIpc) is 2.50. The molecule has 2 atom stereocenters. The van der Waals surface area contributed by atoms with Crippen molar-refractivity contribution in [2.75, 3.05) is 0 Å². The molecule has 1 aromatic carbocycles. The number of rotatable bonds is 6. The van der Waals surface area contributed by atoms with E-state index in [-0.39, 0.29) is 11.8 Å². The Kier molecular flexibility index (Phi) is 5.37. The summed E-state index contributed by atoms with van der Waals surface area (Å²) in [4.78, 5) is 23.7. The molecule has 0 saturated carbocycles. The van der Waals surface area contributed by atoms with Crippen LogP contribution in [0.3, 0.4) is 0 Å². The van der Waals surface area contributed by atoms with Crippen LogP contribution in [0.25, 0.3) is 0 Å². The van der Waals surface area contributed by atoms with Gasteiger partial charge < -0.3 is 10.4 Å². The lowest BCUT2D eigenvalue weighted by atomic mass is 9.82. The van der Waals surface area contributed by atoms with Crippen LogP contribution in [0, 0.1) is 0 Å². The maximum absolute atomic E-state index is 12.5. The number of carboxylic acid groups (broad SMARTS) is 1. The minimum absolute atomic E-state index is 0.148. The minimum Gasteiger partial charge on any atom is -0.480 e. The van der Waals surface area contributed by atoms with Gasteiger partial charge in [-0.25, -0.2) is 4.79 Å². The van der Waals surface area contributed by atoms with E-state index in [9.17, 15) is 14.7 Å². The smallest absolute Gasteiger partial charge is 0.326 e. The maximum Gasteiger partial charge on any atom is 0.326 e. The number of hydrogen-bond donors (Lipinski definition) is 2. The van der Waals surface area contributed by atoms with Crippen LogP contribution in [-0.4, -0.2) is 23.0 Å². The zero-order chi connectivity index (χ0) is 15.2. The number of benzene rings is 1. The molecular weight excluding hydrogens is 266 g/mol. The highest BCUT2D eigenvalue weighted by Crippen LogP contribution is 2.31. The van der Waals surface area contributed by atoms with E-state index in [1.54, 1.807) is 0 Å². The van der Waals surface area contributed by atoms with Gasteiger partial charge in [0.25, 0.3) is 0 Å². The first-order valence-electron chi connectivity index (χ1n) is 7.74. The second-order valence-corrected chi connectivity index (χ2v) is 5.69. The van der Waals surface area contributed by atoms with Crippen LogP contribution in [0.1, 0.15) is 56.1 Å². The summed E-state index contributed by atoms with van der Waals surface area (Å²) in [6.07, 6.45) is 4.99. The minimum atomic E-state index is -0.944. The Morgan fingerprint density at radius 3 is 2.86 bits per heavy atom. The summed E-state index contributed by atoms with van der Waals surface area (Å²) < 4.78 is 0. The molecule has 21 heavy (non-hydrogen) atoms. The fourth-order valence-electron chi connectivity index (χ4n) is 2.96. The fourth-order valence-corrected chi connectivity index (χ4v) is 2.96. The molecule has 0 aliphatic heterocycles. The molecule has 4 heteroatoms. The SMILES string of the molecule is CCCCC(NC(=O)C1CCCc2ccccc21)C(=O)O. The number of carboxylic acids is 1. The monoisotopic (exact) mass is 289 g/mol. The quantitative estimate of drug-likeness (QED) is 0.846.